The van der Waals surface area contributed by atoms with E-state index >= 15 is 0 Å². The maximum absolute atomic E-state index is 9.41. The molecule has 1 unspecified atom stereocenters. The van der Waals surface area contributed by atoms with E-state index in [0.717, 1.165) is 11.3 Å². The molecule has 0 aliphatic rings. The highest BCUT2D eigenvalue weighted by molar-refractivity contribution is 6.17. The highest BCUT2D eigenvalue weighted by Crippen LogP contribution is 2.19. The zero-order valence-corrected chi connectivity index (χ0v) is 7.01. The summed E-state index contributed by atoms with van der Waals surface area (Å²) in [6, 6.07) is 0. The summed E-state index contributed by atoms with van der Waals surface area (Å²) in [4.78, 5) is 0. The van der Waals surface area contributed by atoms with Crippen LogP contribution in [0.1, 0.15) is 23.8 Å². The fraction of sp³-hybridized carbons (Fsp3) is 0.571. The Morgan fingerprint density at radius 1 is 1.82 bits per heavy atom. The van der Waals surface area contributed by atoms with E-state index in [2.05, 4.69) is 9.68 Å². The molecule has 0 saturated heterocycles. The highest BCUT2D eigenvalue weighted by atomic mass is 35.5. The number of rotatable bonds is 3. The summed E-state index contributed by atoms with van der Waals surface area (Å²) in [6.45, 7) is 1.79. The lowest BCUT2D eigenvalue weighted by Gasteiger charge is -2.04. The Morgan fingerprint density at radius 3 is 3.00 bits per heavy atom. The van der Waals surface area contributed by atoms with Crippen molar-refractivity contribution in [1.82, 2.24) is 5.16 Å². The summed E-state index contributed by atoms with van der Waals surface area (Å²) in [6.07, 6.45) is 1.44. The fourth-order valence-corrected chi connectivity index (χ4v) is 1.09. The van der Waals surface area contributed by atoms with Gasteiger partial charge in [-0.2, -0.15) is 0 Å². The molecule has 1 N–H and O–H groups in total. The Hall–Kier alpha value is -0.540. The Morgan fingerprint density at radius 2 is 2.55 bits per heavy atom. The van der Waals surface area contributed by atoms with Gasteiger partial charge in [0.25, 0.3) is 0 Å². The van der Waals surface area contributed by atoms with Crippen molar-refractivity contribution in [1.29, 1.82) is 0 Å². The van der Waals surface area contributed by atoms with E-state index in [0.29, 0.717) is 12.3 Å². The summed E-state index contributed by atoms with van der Waals surface area (Å²) >= 11 is 5.45. The lowest BCUT2D eigenvalue weighted by atomic mass is 10.1. The monoisotopic (exact) mass is 175 g/mol. The quantitative estimate of drug-likeness (QED) is 0.711. The van der Waals surface area contributed by atoms with E-state index in [-0.39, 0.29) is 0 Å². The minimum atomic E-state index is -0.543. The summed E-state index contributed by atoms with van der Waals surface area (Å²) in [5, 5.41) is 13.0. The SMILES string of the molecule is Cc1nocc1C(O)CCCl. The van der Waals surface area contributed by atoms with E-state index in [9.17, 15) is 5.11 Å². The van der Waals surface area contributed by atoms with Crippen molar-refractivity contribution in [2.75, 3.05) is 5.88 Å². The van der Waals surface area contributed by atoms with Crippen LogP contribution in [0.2, 0.25) is 0 Å². The zero-order valence-electron chi connectivity index (χ0n) is 6.25. The van der Waals surface area contributed by atoms with E-state index in [1.54, 1.807) is 6.92 Å². The van der Waals surface area contributed by atoms with Crippen molar-refractivity contribution in [3.8, 4) is 0 Å². The van der Waals surface area contributed by atoms with Gasteiger partial charge in [0.2, 0.25) is 0 Å². The molecule has 62 valence electrons. The highest BCUT2D eigenvalue weighted by Gasteiger charge is 2.12. The molecule has 0 spiro atoms. The number of nitrogens with zero attached hydrogens (tertiary/aromatic N) is 1. The number of alkyl halides is 1. The number of hydrogen-bond donors (Lipinski definition) is 1. The zero-order chi connectivity index (χ0) is 8.27. The van der Waals surface area contributed by atoms with Crippen LogP contribution in [0.5, 0.6) is 0 Å². The number of aromatic nitrogens is 1. The van der Waals surface area contributed by atoms with Crippen molar-refractivity contribution in [2.24, 2.45) is 0 Å². The van der Waals surface area contributed by atoms with Crippen molar-refractivity contribution in [3.05, 3.63) is 17.5 Å². The van der Waals surface area contributed by atoms with Gasteiger partial charge in [0.1, 0.15) is 6.26 Å². The van der Waals surface area contributed by atoms with Crippen LogP contribution in [-0.2, 0) is 0 Å². The third kappa shape index (κ3) is 1.94. The molecule has 4 heteroatoms. The molecular formula is C7H10ClNO2. The number of aliphatic hydroxyl groups is 1. The molecular weight excluding hydrogens is 166 g/mol. The first-order chi connectivity index (χ1) is 5.25. The van der Waals surface area contributed by atoms with Crippen LogP contribution in [0.4, 0.5) is 0 Å². The predicted molar refractivity (Wildman–Crippen MR) is 41.5 cm³/mol. The Kier molecular flexibility index (Phi) is 2.91. The third-order valence-corrected chi connectivity index (χ3v) is 1.75. The first kappa shape index (κ1) is 8.56. The van der Waals surface area contributed by atoms with Crippen LogP contribution in [0.15, 0.2) is 10.8 Å². The lowest BCUT2D eigenvalue weighted by molar-refractivity contribution is 0.173. The van der Waals surface area contributed by atoms with E-state index in [1.807, 2.05) is 0 Å². The molecule has 1 atom stereocenters. The minimum absolute atomic E-state index is 0.436. The van der Waals surface area contributed by atoms with E-state index in [1.165, 1.54) is 6.26 Å². The number of hydrogen-bond acceptors (Lipinski definition) is 3. The average molecular weight is 176 g/mol. The second-order valence-corrected chi connectivity index (χ2v) is 2.73. The van der Waals surface area contributed by atoms with Gasteiger partial charge in [-0.1, -0.05) is 5.16 Å². The maximum atomic E-state index is 9.41. The van der Waals surface area contributed by atoms with Gasteiger partial charge >= 0.3 is 0 Å². The molecule has 0 saturated carbocycles. The molecule has 11 heavy (non-hydrogen) atoms. The topological polar surface area (TPSA) is 46.3 Å². The van der Waals surface area contributed by atoms with Gasteiger partial charge in [0.05, 0.1) is 11.8 Å². The standard InChI is InChI=1S/C7H10ClNO2/c1-5-6(4-11-9-5)7(10)2-3-8/h4,7,10H,2-3H2,1H3. The molecule has 0 fully saturated rings. The second-order valence-electron chi connectivity index (χ2n) is 2.35. The average Bonchev–Trinajstić information content (AvgIpc) is 2.36. The summed E-state index contributed by atoms with van der Waals surface area (Å²) in [5.41, 5.74) is 1.45. The van der Waals surface area contributed by atoms with Crippen LogP contribution in [0.25, 0.3) is 0 Å². The molecule has 0 aliphatic heterocycles. The number of aliphatic hydroxyl groups excluding tert-OH is 1. The largest absolute Gasteiger partial charge is 0.388 e. The molecule has 0 radical (unpaired) electrons. The molecule has 0 amide bonds. The van der Waals surface area contributed by atoms with Crippen molar-refractivity contribution < 1.29 is 9.63 Å². The van der Waals surface area contributed by atoms with Crippen molar-refractivity contribution in [3.63, 3.8) is 0 Å². The molecule has 1 aromatic heterocycles. The van der Waals surface area contributed by atoms with Crippen LogP contribution in [-0.4, -0.2) is 16.1 Å². The van der Waals surface area contributed by atoms with Gasteiger partial charge < -0.3 is 9.63 Å². The Balaban J connectivity index is 2.67. The molecule has 1 heterocycles. The Labute approximate surface area is 70.0 Å². The van der Waals surface area contributed by atoms with Gasteiger partial charge in [-0.25, -0.2) is 0 Å². The molecule has 1 aromatic rings. The predicted octanol–water partition coefficient (Wildman–Crippen LogP) is 1.65. The van der Waals surface area contributed by atoms with Crippen molar-refractivity contribution in [2.45, 2.75) is 19.4 Å². The van der Waals surface area contributed by atoms with Gasteiger partial charge in [-0.3, -0.25) is 0 Å². The normalized spacial score (nSPS) is 13.4. The van der Waals surface area contributed by atoms with Crippen LogP contribution in [0, 0.1) is 6.92 Å². The van der Waals surface area contributed by atoms with Crippen LogP contribution in [0.3, 0.4) is 0 Å². The Bertz CT molecular complexity index is 224. The minimum Gasteiger partial charge on any atom is -0.388 e. The third-order valence-electron chi connectivity index (χ3n) is 1.53. The second kappa shape index (κ2) is 3.74. The van der Waals surface area contributed by atoms with Crippen LogP contribution < -0.4 is 0 Å². The first-order valence-electron chi connectivity index (χ1n) is 3.40. The van der Waals surface area contributed by atoms with E-state index in [4.69, 9.17) is 11.6 Å². The first-order valence-corrected chi connectivity index (χ1v) is 3.94. The van der Waals surface area contributed by atoms with Gasteiger partial charge in [0, 0.05) is 11.4 Å². The molecule has 3 nitrogen and oxygen atoms in total. The summed E-state index contributed by atoms with van der Waals surface area (Å²) in [5.74, 6) is 0.436. The van der Waals surface area contributed by atoms with Crippen molar-refractivity contribution >= 4 is 11.6 Å². The smallest absolute Gasteiger partial charge is 0.129 e. The maximum Gasteiger partial charge on any atom is 0.129 e. The number of aryl methyl sites for hydroxylation is 1. The fourth-order valence-electron chi connectivity index (χ4n) is 0.879. The lowest BCUT2D eigenvalue weighted by Crippen LogP contribution is -1.98. The molecule has 1 rings (SSSR count). The summed E-state index contributed by atoms with van der Waals surface area (Å²) < 4.78 is 4.66. The molecule has 0 bridgehead atoms. The van der Waals surface area contributed by atoms with Gasteiger partial charge in [-0.15, -0.1) is 11.6 Å². The van der Waals surface area contributed by atoms with Gasteiger partial charge in [0.15, 0.2) is 0 Å². The van der Waals surface area contributed by atoms with Gasteiger partial charge in [-0.05, 0) is 13.3 Å². The summed E-state index contributed by atoms with van der Waals surface area (Å²) in [7, 11) is 0. The van der Waals surface area contributed by atoms with E-state index < -0.39 is 6.10 Å². The number of halogens is 1. The van der Waals surface area contributed by atoms with Crippen LogP contribution >= 0.6 is 11.6 Å². The molecule has 0 aliphatic carbocycles. The molecule has 0 aromatic carbocycles.